The number of nitrogens with zero attached hydrogens (tertiary/aromatic N) is 2. The number of carbonyl (C=O) groups is 2. The number of aromatic nitrogens is 1. The summed E-state index contributed by atoms with van der Waals surface area (Å²) < 4.78 is 4.54. The molecule has 148 valence electrons. The van der Waals surface area contributed by atoms with Crippen LogP contribution >= 0.6 is 11.3 Å². The smallest absolute Gasteiger partial charge is 0.330 e. The van der Waals surface area contributed by atoms with Crippen LogP contribution in [0.3, 0.4) is 0 Å². The van der Waals surface area contributed by atoms with E-state index in [0.29, 0.717) is 19.3 Å². The Morgan fingerprint density at radius 1 is 1.33 bits per heavy atom. The summed E-state index contributed by atoms with van der Waals surface area (Å²) in [5, 5.41) is 14.2. The number of amides is 1. The summed E-state index contributed by atoms with van der Waals surface area (Å²) in [5.41, 5.74) is 0.217. The molecular weight excluding hydrogens is 364 g/mol. The largest absolute Gasteiger partial charge is 0.466 e. The minimum atomic E-state index is -0.832. The molecule has 2 unspecified atom stereocenters. The maximum Gasteiger partial charge on any atom is 0.330 e. The maximum atomic E-state index is 12.5. The molecule has 27 heavy (non-hydrogen) atoms. The fourth-order valence-corrected chi connectivity index (χ4v) is 5.30. The molecule has 1 aromatic rings. The molecule has 1 amide bonds. The fraction of sp³-hybridized carbons (Fsp3) is 0.650. The molecule has 0 aliphatic carbocycles. The second kappa shape index (κ2) is 7.36. The van der Waals surface area contributed by atoms with Crippen molar-refractivity contribution in [1.82, 2.24) is 9.88 Å². The molecule has 0 saturated carbocycles. The van der Waals surface area contributed by atoms with Gasteiger partial charge in [0.1, 0.15) is 0 Å². The molecule has 7 heteroatoms. The number of thiazole rings is 1. The van der Waals surface area contributed by atoms with Crippen LogP contribution in [0.5, 0.6) is 0 Å². The van der Waals surface area contributed by atoms with Gasteiger partial charge in [-0.05, 0) is 25.7 Å². The number of methoxy groups -OCH3 is 1. The molecule has 3 rings (SSSR count). The number of piperidine rings is 1. The summed E-state index contributed by atoms with van der Waals surface area (Å²) in [5.74, 6) is -0.721. The average molecular weight is 393 g/mol. The zero-order chi connectivity index (χ0) is 19.8. The highest BCUT2D eigenvalue weighted by atomic mass is 32.1. The Bertz CT molecular complexity index is 735. The highest BCUT2D eigenvalue weighted by Gasteiger charge is 2.49. The standard InChI is InChI=1S/C20H28N2O4S/c1-19(2,3)15-12-27-16(21-15)11-20(25)9-13-5-6-14(10-20)22(13)17(23)7-8-18(24)26-4/h7-8,12-14,25H,5-6,9-11H2,1-4H3/b8-7+. The summed E-state index contributed by atoms with van der Waals surface area (Å²) in [6, 6.07) is 0.0104. The third-order valence-electron chi connectivity index (χ3n) is 5.47. The highest BCUT2D eigenvalue weighted by Crippen LogP contribution is 2.42. The molecule has 2 aliphatic rings. The van der Waals surface area contributed by atoms with Crippen LogP contribution in [0.2, 0.25) is 0 Å². The molecule has 1 N–H and O–H groups in total. The van der Waals surface area contributed by atoms with Gasteiger partial charge in [0.05, 0.1) is 23.4 Å². The first-order valence-corrected chi connectivity index (χ1v) is 10.2. The van der Waals surface area contributed by atoms with E-state index in [9.17, 15) is 14.7 Å². The maximum absolute atomic E-state index is 12.5. The van der Waals surface area contributed by atoms with Gasteiger partial charge < -0.3 is 14.7 Å². The van der Waals surface area contributed by atoms with Crippen LogP contribution in [0.15, 0.2) is 17.5 Å². The SMILES string of the molecule is COC(=O)/C=C/C(=O)N1C2CCC1CC(O)(Cc1nc(C(C)(C)C)cs1)C2. The van der Waals surface area contributed by atoms with Crippen molar-refractivity contribution in [2.24, 2.45) is 0 Å². The van der Waals surface area contributed by atoms with Gasteiger partial charge in [-0.15, -0.1) is 11.3 Å². The molecule has 2 bridgehead atoms. The van der Waals surface area contributed by atoms with Crippen molar-refractivity contribution in [2.75, 3.05) is 7.11 Å². The van der Waals surface area contributed by atoms with Crippen molar-refractivity contribution in [2.45, 2.75) is 76.0 Å². The van der Waals surface area contributed by atoms with Crippen molar-refractivity contribution < 1.29 is 19.4 Å². The van der Waals surface area contributed by atoms with Gasteiger partial charge in [-0.25, -0.2) is 9.78 Å². The number of hydrogen-bond donors (Lipinski definition) is 1. The van der Waals surface area contributed by atoms with Gasteiger partial charge in [0.2, 0.25) is 5.91 Å². The molecule has 2 aliphatic heterocycles. The molecule has 3 heterocycles. The summed E-state index contributed by atoms with van der Waals surface area (Å²) >= 11 is 1.60. The highest BCUT2D eigenvalue weighted by molar-refractivity contribution is 7.09. The van der Waals surface area contributed by atoms with Gasteiger partial charge in [-0.2, -0.15) is 0 Å². The molecule has 2 saturated heterocycles. The van der Waals surface area contributed by atoms with Gasteiger partial charge in [0.25, 0.3) is 0 Å². The van der Waals surface area contributed by atoms with E-state index < -0.39 is 11.6 Å². The lowest BCUT2D eigenvalue weighted by molar-refractivity contribution is -0.138. The number of fused-ring (bicyclic) bond motifs is 2. The minimum Gasteiger partial charge on any atom is -0.466 e. The van der Waals surface area contributed by atoms with Crippen molar-refractivity contribution in [3.8, 4) is 0 Å². The molecule has 2 fully saturated rings. The van der Waals surface area contributed by atoms with Crippen LogP contribution in [-0.2, 0) is 26.2 Å². The van der Waals surface area contributed by atoms with Crippen LogP contribution in [0.25, 0.3) is 0 Å². The zero-order valence-electron chi connectivity index (χ0n) is 16.4. The summed E-state index contributed by atoms with van der Waals surface area (Å²) in [6.45, 7) is 6.39. The van der Waals surface area contributed by atoms with E-state index in [4.69, 9.17) is 4.98 Å². The number of ether oxygens (including phenoxy) is 1. The van der Waals surface area contributed by atoms with Gasteiger partial charge in [0, 0.05) is 41.5 Å². The molecule has 1 aromatic heterocycles. The van der Waals surface area contributed by atoms with Crippen molar-refractivity contribution in [3.63, 3.8) is 0 Å². The summed E-state index contributed by atoms with van der Waals surface area (Å²) in [4.78, 5) is 30.3. The molecule has 0 radical (unpaired) electrons. The normalized spacial score (nSPS) is 28.0. The predicted molar refractivity (Wildman–Crippen MR) is 104 cm³/mol. The van der Waals surface area contributed by atoms with Gasteiger partial charge in [-0.3, -0.25) is 4.79 Å². The minimum absolute atomic E-state index is 0.00183. The molecule has 0 aromatic carbocycles. The predicted octanol–water partition coefficient (Wildman–Crippen LogP) is 2.60. The number of hydrogen-bond acceptors (Lipinski definition) is 6. The molecular formula is C20H28N2O4S. The Hall–Kier alpha value is -1.73. The van der Waals surface area contributed by atoms with E-state index in [0.717, 1.165) is 29.6 Å². The first-order chi connectivity index (χ1) is 12.6. The Morgan fingerprint density at radius 2 is 1.96 bits per heavy atom. The lowest BCUT2D eigenvalue weighted by Gasteiger charge is -2.43. The molecule has 0 spiro atoms. The van der Waals surface area contributed by atoms with E-state index in [1.54, 1.807) is 11.3 Å². The lowest BCUT2D eigenvalue weighted by Crippen LogP contribution is -2.53. The monoisotopic (exact) mass is 392 g/mol. The topological polar surface area (TPSA) is 79.7 Å². The Balaban J connectivity index is 1.68. The van der Waals surface area contributed by atoms with Crippen molar-refractivity contribution in [3.05, 3.63) is 28.2 Å². The quantitative estimate of drug-likeness (QED) is 0.629. The Labute approximate surface area is 164 Å². The number of rotatable bonds is 4. The van der Waals surface area contributed by atoms with Crippen LogP contribution < -0.4 is 0 Å². The fourth-order valence-electron chi connectivity index (χ4n) is 4.14. The van der Waals surface area contributed by atoms with Gasteiger partial charge >= 0.3 is 5.97 Å². The van der Waals surface area contributed by atoms with Crippen LogP contribution in [-0.4, -0.2) is 51.7 Å². The molecule has 2 atom stereocenters. The number of aliphatic hydroxyl groups is 1. The Kier molecular flexibility index (Phi) is 5.45. The van der Waals surface area contributed by atoms with Crippen LogP contribution in [0.1, 0.15) is 57.2 Å². The third kappa shape index (κ3) is 4.41. The average Bonchev–Trinajstić information content (AvgIpc) is 3.15. The third-order valence-corrected chi connectivity index (χ3v) is 6.32. The van der Waals surface area contributed by atoms with Crippen molar-refractivity contribution >= 4 is 23.2 Å². The first kappa shape index (κ1) is 20.0. The van der Waals surface area contributed by atoms with Gasteiger partial charge in [0.15, 0.2) is 0 Å². The second-order valence-electron chi connectivity index (χ2n) is 8.67. The van der Waals surface area contributed by atoms with Crippen molar-refractivity contribution in [1.29, 1.82) is 0 Å². The summed E-state index contributed by atoms with van der Waals surface area (Å²) in [6.07, 6.45) is 5.83. The first-order valence-electron chi connectivity index (χ1n) is 9.37. The van der Waals surface area contributed by atoms with E-state index in [-0.39, 0.29) is 23.4 Å². The number of esters is 1. The van der Waals surface area contributed by atoms with Gasteiger partial charge in [-0.1, -0.05) is 20.8 Å². The van der Waals surface area contributed by atoms with E-state index in [1.165, 1.54) is 13.2 Å². The second-order valence-corrected chi connectivity index (χ2v) is 9.62. The van der Waals surface area contributed by atoms with E-state index in [1.807, 2.05) is 4.90 Å². The lowest BCUT2D eigenvalue weighted by atomic mass is 9.83. The summed E-state index contributed by atoms with van der Waals surface area (Å²) in [7, 11) is 1.28. The molecule has 6 nitrogen and oxygen atoms in total. The number of carbonyl (C=O) groups excluding carboxylic acids is 2. The van der Waals surface area contributed by atoms with E-state index >= 15 is 0 Å². The zero-order valence-corrected chi connectivity index (χ0v) is 17.2. The Morgan fingerprint density at radius 3 is 2.48 bits per heavy atom. The van der Waals surface area contributed by atoms with Crippen LogP contribution in [0.4, 0.5) is 0 Å². The van der Waals surface area contributed by atoms with E-state index in [2.05, 4.69) is 30.9 Å². The van der Waals surface area contributed by atoms with Crippen LogP contribution in [0, 0.1) is 0 Å².